The Labute approximate surface area is 212 Å². The van der Waals surface area contributed by atoms with Gasteiger partial charge in [0.2, 0.25) is 11.8 Å². The zero-order valence-electron chi connectivity index (χ0n) is 19.1. The Hall–Kier alpha value is -4.43. The molecule has 8 nitrogen and oxygen atoms in total. The monoisotopic (exact) mass is 499 g/mol. The fourth-order valence-electron chi connectivity index (χ4n) is 4.01. The molecule has 0 unspecified atom stereocenters. The van der Waals surface area contributed by atoms with Gasteiger partial charge in [-0.3, -0.25) is 14.5 Å². The van der Waals surface area contributed by atoms with Crippen molar-refractivity contribution in [1.82, 2.24) is 20.3 Å². The normalized spacial score (nSPS) is 11.8. The molecule has 0 saturated carbocycles. The molecule has 0 radical (unpaired) electrons. The molecule has 9 heteroatoms. The van der Waals surface area contributed by atoms with E-state index in [0.29, 0.717) is 27.6 Å². The van der Waals surface area contributed by atoms with E-state index < -0.39 is 6.04 Å². The number of hydrogen-bond acceptors (Lipinski definition) is 5. The van der Waals surface area contributed by atoms with Gasteiger partial charge in [-0.2, -0.15) is 0 Å². The number of halogens is 1. The van der Waals surface area contributed by atoms with E-state index in [0.717, 1.165) is 5.52 Å². The number of nitrogens with zero attached hydrogens (tertiary/aromatic N) is 4. The molecule has 0 aliphatic carbocycles. The third-order valence-electron chi connectivity index (χ3n) is 5.72. The SMILES string of the molecule is O=C(NCc1ccco1)[C@H](c1ccccc1)N(C(=O)Cn1nnc2ccccc21)c1ccc(Cl)cc1. The molecule has 0 spiro atoms. The van der Waals surface area contributed by atoms with Crippen LogP contribution >= 0.6 is 11.6 Å². The van der Waals surface area contributed by atoms with Crippen LogP contribution in [0.5, 0.6) is 0 Å². The molecule has 5 rings (SSSR count). The van der Waals surface area contributed by atoms with Crippen LogP contribution in [0, 0.1) is 0 Å². The molecular weight excluding hydrogens is 478 g/mol. The number of furan rings is 1. The van der Waals surface area contributed by atoms with Gasteiger partial charge in [0.15, 0.2) is 0 Å². The first-order valence-electron chi connectivity index (χ1n) is 11.3. The van der Waals surface area contributed by atoms with Crippen LogP contribution in [0.1, 0.15) is 17.4 Å². The molecule has 0 bridgehead atoms. The van der Waals surface area contributed by atoms with Crippen molar-refractivity contribution in [2.75, 3.05) is 4.90 Å². The summed E-state index contributed by atoms with van der Waals surface area (Å²) in [7, 11) is 0. The minimum Gasteiger partial charge on any atom is -0.467 e. The number of aromatic nitrogens is 3. The van der Waals surface area contributed by atoms with Crippen molar-refractivity contribution >= 4 is 40.1 Å². The lowest BCUT2D eigenvalue weighted by atomic mass is 10.0. The predicted octanol–water partition coefficient (Wildman–Crippen LogP) is 4.77. The molecule has 36 heavy (non-hydrogen) atoms. The van der Waals surface area contributed by atoms with Crippen LogP contribution in [0.3, 0.4) is 0 Å². The first-order valence-corrected chi connectivity index (χ1v) is 11.7. The number of carbonyl (C=O) groups is 2. The summed E-state index contributed by atoms with van der Waals surface area (Å²) in [6, 6.07) is 25.9. The number of hydrogen-bond donors (Lipinski definition) is 1. The number of carbonyl (C=O) groups excluding carboxylic acids is 2. The molecule has 0 fully saturated rings. The number of anilines is 1. The molecule has 180 valence electrons. The van der Waals surface area contributed by atoms with E-state index in [4.69, 9.17) is 16.0 Å². The lowest BCUT2D eigenvalue weighted by molar-refractivity contribution is -0.127. The quantitative estimate of drug-likeness (QED) is 0.332. The summed E-state index contributed by atoms with van der Waals surface area (Å²) in [5.41, 5.74) is 2.58. The maximum Gasteiger partial charge on any atom is 0.249 e. The molecule has 1 atom stereocenters. The fourth-order valence-corrected chi connectivity index (χ4v) is 4.14. The van der Waals surface area contributed by atoms with Crippen LogP contribution in [0.15, 0.2) is 102 Å². The number of amides is 2. The second kappa shape index (κ2) is 10.5. The summed E-state index contributed by atoms with van der Waals surface area (Å²) in [6.07, 6.45) is 1.54. The number of nitrogens with one attached hydrogen (secondary N) is 1. The van der Waals surface area contributed by atoms with Gasteiger partial charge in [0.25, 0.3) is 0 Å². The van der Waals surface area contributed by atoms with E-state index in [1.165, 1.54) is 9.58 Å². The lowest BCUT2D eigenvalue weighted by Gasteiger charge is -2.31. The van der Waals surface area contributed by atoms with Gasteiger partial charge in [-0.05, 0) is 54.1 Å². The molecule has 5 aromatic rings. The summed E-state index contributed by atoms with van der Waals surface area (Å²) in [4.78, 5) is 29.0. The molecule has 0 saturated heterocycles. The van der Waals surface area contributed by atoms with Crippen LogP contribution in [0.2, 0.25) is 5.02 Å². The highest BCUT2D eigenvalue weighted by atomic mass is 35.5. The van der Waals surface area contributed by atoms with E-state index in [-0.39, 0.29) is 24.9 Å². The van der Waals surface area contributed by atoms with E-state index in [1.807, 2.05) is 54.6 Å². The Morgan fingerprint density at radius 1 is 0.944 bits per heavy atom. The topological polar surface area (TPSA) is 93.3 Å². The fraction of sp³-hybridized carbons (Fsp3) is 0.111. The van der Waals surface area contributed by atoms with Crippen LogP contribution in [-0.2, 0) is 22.7 Å². The van der Waals surface area contributed by atoms with E-state index in [2.05, 4.69) is 15.6 Å². The first-order chi connectivity index (χ1) is 17.6. The smallest absolute Gasteiger partial charge is 0.249 e. The molecule has 2 heterocycles. The zero-order chi connectivity index (χ0) is 24.9. The van der Waals surface area contributed by atoms with Crippen molar-refractivity contribution in [3.8, 4) is 0 Å². The maximum atomic E-state index is 13.9. The van der Waals surface area contributed by atoms with Gasteiger partial charge in [-0.15, -0.1) is 5.10 Å². The summed E-state index contributed by atoms with van der Waals surface area (Å²) in [5.74, 6) is -0.0899. The van der Waals surface area contributed by atoms with Gasteiger partial charge in [-0.1, -0.05) is 59.3 Å². The Morgan fingerprint density at radius 3 is 2.44 bits per heavy atom. The van der Waals surface area contributed by atoms with Crippen molar-refractivity contribution in [1.29, 1.82) is 0 Å². The summed E-state index contributed by atoms with van der Waals surface area (Å²) in [5, 5.41) is 11.7. The van der Waals surface area contributed by atoms with E-state index >= 15 is 0 Å². The minimum absolute atomic E-state index is 0.113. The third-order valence-corrected chi connectivity index (χ3v) is 5.97. The number of rotatable bonds is 8. The van der Waals surface area contributed by atoms with Crippen molar-refractivity contribution in [2.45, 2.75) is 19.1 Å². The minimum atomic E-state index is -0.954. The Balaban J connectivity index is 1.54. The van der Waals surface area contributed by atoms with Crippen LogP contribution in [0.4, 0.5) is 5.69 Å². The molecule has 3 aromatic carbocycles. The van der Waals surface area contributed by atoms with Gasteiger partial charge in [0, 0.05) is 10.7 Å². The van der Waals surface area contributed by atoms with E-state index in [9.17, 15) is 9.59 Å². The van der Waals surface area contributed by atoms with Crippen molar-refractivity contribution in [2.24, 2.45) is 0 Å². The molecule has 0 aliphatic heterocycles. The maximum absolute atomic E-state index is 13.9. The number of benzene rings is 3. The Bertz CT molecular complexity index is 1470. The van der Waals surface area contributed by atoms with Gasteiger partial charge < -0.3 is 9.73 Å². The van der Waals surface area contributed by atoms with Crippen LogP contribution in [-0.4, -0.2) is 26.8 Å². The van der Waals surface area contributed by atoms with Crippen molar-refractivity contribution in [3.05, 3.63) is 114 Å². The molecular formula is C27H22ClN5O3. The van der Waals surface area contributed by atoms with Gasteiger partial charge in [-0.25, -0.2) is 4.68 Å². The van der Waals surface area contributed by atoms with Crippen molar-refractivity contribution < 1.29 is 14.0 Å². The first kappa shape index (κ1) is 23.3. The Morgan fingerprint density at radius 2 is 1.69 bits per heavy atom. The van der Waals surface area contributed by atoms with Crippen LogP contribution < -0.4 is 10.2 Å². The average molecular weight is 500 g/mol. The van der Waals surface area contributed by atoms with Gasteiger partial charge in [0.1, 0.15) is 23.9 Å². The lowest BCUT2D eigenvalue weighted by Crippen LogP contribution is -2.45. The number of para-hydroxylation sites is 1. The largest absolute Gasteiger partial charge is 0.467 e. The second-order valence-corrected chi connectivity index (χ2v) is 8.52. The van der Waals surface area contributed by atoms with Crippen molar-refractivity contribution in [3.63, 3.8) is 0 Å². The Kier molecular flexibility index (Phi) is 6.77. The van der Waals surface area contributed by atoms with Gasteiger partial charge >= 0.3 is 0 Å². The van der Waals surface area contributed by atoms with Gasteiger partial charge in [0.05, 0.1) is 18.3 Å². The second-order valence-electron chi connectivity index (χ2n) is 8.09. The summed E-state index contributed by atoms with van der Waals surface area (Å²) < 4.78 is 6.89. The summed E-state index contributed by atoms with van der Waals surface area (Å²) in [6.45, 7) is 0.0729. The molecule has 0 aliphatic rings. The van der Waals surface area contributed by atoms with E-state index in [1.54, 1.807) is 42.7 Å². The standard InChI is InChI=1S/C27H22ClN5O3/c28-20-12-14-21(15-13-20)33(25(34)18-32-24-11-5-4-10-23(24)30-31-32)26(19-7-2-1-3-8-19)27(35)29-17-22-9-6-16-36-22/h1-16,26H,17-18H2,(H,29,35)/t26-/m0/s1. The number of fused-ring (bicyclic) bond motifs is 1. The third kappa shape index (κ3) is 4.99. The predicted molar refractivity (Wildman–Crippen MR) is 136 cm³/mol. The molecule has 1 N–H and O–H groups in total. The highest BCUT2D eigenvalue weighted by Crippen LogP contribution is 2.30. The average Bonchev–Trinajstić information content (AvgIpc) is 3.57. The summed E-state index contributed by atoms with van der Waals surface area (Å²) >= 11 is 6.13. The van der Waals surface area contributed by atoms with Crippen LogP contribution in [0.25, 0.3) is 11.0 Å². The zero-order valence-corrected chi connectivity index (χ0v) is 19.9. The highest BCUT2D eigenvalue weighted by Gasteiger charge is 2.33. The molecule has 2 amide bonds. The highest BCUT2D eigenvalue weighted by molar-refractivity contribution is 6.30. The molecule has 2 aromatic heterocycles.